The molecule has 1 aliphatic carbocycles. The molecule has 2 aliphatic rings. The Morgan fingerprint density at radius 2 is 1.62 bits per heavy atom. The van der Waals surface area contributed by atoms with Crippen LogP contribution in [0.4, 0.5) is 0 Å². The quantitative estimate of drug-likeness (QED) is 0.711. The van der Waals surface area contributed by atoms with Crippen LogP contribution < -0.4 is 0 Å². The van der Waals surface area contributed by atoms with Crippen molar-refractivity contribution in [2.75, 3.05) is 20.8 Å². The minimum atomic E-state index is -2.07. The van der Waals surface area contributed by atoms with Crippen molar-refractivity contribution >= 4 is 8.72 Å². The van der Waals surface area contributed by atoms with E-state index in [0.29, 0.717) is 5.54 Å². The van der Waals surface area contributed by atoms with E-state index in [1.807, 2.05) is 14.2 Å². The van der Waals surface area contributed by atoms with Gasteiger partial charge in [-0.3, -0.25) is 4.57 Å². The van der Waals surface area contributed by atoms with E-state index in [2.05, 4.69) is 11.5 Å². The fourth-order valence-corrected chi connectivity index (χ4v) is 7.21. The van der Waals surface area contributed by atoms with Crippen LogP contribution >= 0.6 is 0 Å². The Morgan fingerprint density at radius 1 is 1.00 bits per heavy atom. The van der Waals surface area contributed by atoms with Crippen LogP contribution in [0.25, 0.3) is 0 Å². The van der Waals surface area contributed by atoms with Crippen LogP contribution in [-0.4, -0.2) is 40.1 Å². The molecule has 4 heteroatoms. The van der Waals surface area contributed by atoms with Crippen LogP contribution in [0.2, 0.25) is 5.54 Å². The maximum Gasteiger partial charge on any atom is 0.430 e. The first-order valence-electron chi connectivity index (χ1n) is 6.61. The number of hydrogen-bond donors (Lipinski definition) is 0. The fraction of sp³-hybridized carbons (Fsp3) is 1.00. The maximum absolute atomic E-state index is 5.87. The van der Waals surface area contributed by atoms with E-state index in [9.17, 15) is 0 Å². The monoisotopic (exact) mass is 243 g/mol. The lowest BCUT2D eigenvalue weighted by Crippen LogP contribution is -2.59. The third-order valence-electron chi connectivity index (χ3n) is 4.43. The highest BCUT2D eigenvalue weighted by Gasteiger charge is 2.55. The summed E-state index contributed by atoms with van der Waals surface area (Å²) in [4.78, 5) is 0. The first-order chi connectivity index (χ1) is 7.74. The molecule has 1 heterocycles. The zero-order valence-electron chi connectivity index (χ0n) is 10.9. The molecule has 0 aromatic rings. The minimum Gasteiger partial charge on any atom is -0.386 e. The second-order valence-electron chi connectivity index (χ2n) is 5.21. The Morgan fingerprint density at radius 3 is 2.19 bits per heavy atom. The Kier molecular flexibility index (Phi) is 4.05. The third-order valence-corrected chi connectivity index (χ3v) is 8.52. The topological polar surface area (TPSA) is 21.7 Å². The third kappa shape index (κ3) is 1.96. The molecule has 0 spiro atoms. The number of hydrogen-bond acceptors (Lipinski definition) is 3. The molecule has 1 unspecified atom stereocenters. The minimum absolute atomic E-state index is 0.601. The number of rotatable bonds is 3. The van der Waals surface area contributed by atoms with Crippen molar-refractivity contribution in [3.05, 3.63) is 0 Å². The van der Waals surface area contributed by atoms with E-state index in [1.165, 1.54) is 45.1 Å². The summed E-state index contributed by atoms with van der Waals surface area (Å²) < 4.78 is 14.3. The van der Waals surface area contributed by atoms with E-state index in [4.69, 9.17) is 8.85 Å². The standard InChI is InChI=1S/C12H25NO2Si/c1-11-9-10-13(16(11,14-2)15-3)12-7-5-4-6-8-12/h11-12H,4-10H2,1-3H3. The summed E-state index contributed by atoms with van der Waals surface area (Å²) in [5, 5.41) is 0. The molecule has 1 saturated heterocycles. The predicted molar refractivity (Wildman–Crippen MR) is 67.4 cm³/mol. The molecule has 0 aromatic heterocycles. The van der Waals surface area contributed by atoms with Gasteiger partial charge in [0.1, 0.15) is 0 Å². The first kappa shape index (κ1) is 12.6. The molecule has 0 bridgehead atoms. The summed E-state index contributed by atoms with van der Waals surface area (Å²) in [5.41, 5.74) is 0.601. The Bertz CT molecular complexity index is 227. The van der Waals surface area contributed by atoms with E-state index in [-0.39, 0.29) is 0 Å². The van der Waals surface area contributed by atoms with Crippen molar-refractivity contribution < 1.29 is 8.85 Å². The summed E-state index contributed by atoms with van der Waals surface area (Å²) >= 11 is 0. The molecule has 3 nitrogen and oxygen atoms in total. The molecule has 94 valence electrons. The second-order valence-corrected chi connectivity index (χ2v) is 8.85. The molecule has 2 rings (SSSR count). The Balaban J connectivity index is 2.12. The molecular weight excluding hydrogens is 218 g/mol. The normalized spacial score (nSPS) is 32.1. The van der Waals surface area contributed by atoms with Gasteiger partial charge in [0.05, 0.1) is 0 Å². The lowest BCUT2D eigenvalue weighted by molar-refractivity contribution is 0.137. The van der Waals surface area contributed by atoms with E-state index in [0.717, 1.165) is 6.04 Å². The summed E-state index contributed by atoms with van der Waals surface area (Å²) in [6.45, 7) is 3.47. The Hall–Kier alpha value is 0.0969. The Labute approximate surface area is 100 Å². The zero-order valence-corrected chi connectivity index (χ0v) is 11.9. The van der Waals surface area contributed by atoms with Gasteiger partial charge in [-0.2, -0.15) is 0 Å². The molecule has 0 amide bonds. The molecule has 1 atom stereocenters. The van der Waals surface area contributed by atoms with E-state index >= 15 is 0 Å². The van der Waals surface area contributed by atoms with Crippen LogP contribution in [0.1, 0.15) is 45.4 Å². The molecule has 1 saturated carbocycles. The average molecular weight is 243 g/mol. The summed E-state index contributed by atoms with van der Waals surface area (Å²) in [5.74, 6) is 0. The van der Waals surface area contributed by atoms with Crippen LogP contribution in [0.15, 0.2) is 0 Å². The highest BCUT2D eigenvalue weighted by molar-refractivity contribution is 6.66. The van der Waals surface area contributed by atoms with Crippen LogP contribution in [0, 0.1) is 0 Å². The summed E-state index contributed by atoms with van der Waals surface area (Å²) in [6.07, 6.45) is 8.10. The lowest BCUT2D eigenvalue weighted by Gasteiger charge is -2.41. The van der Waals surface area contributed by atoms with Gasteiger partial charge in [0.25, 0.3) is 0 Å². The molecule has 2 fully saturated rings. The highest BCUT2D eigenvalue weighted by atomic mass is 28.4. The van der Waals surface area contributed by atoms with Gasteiger partial charge < -0.3 is 8.85 Å². The average Bonchev–Trinajstić information content (AvgIpc) is 2.68. The van der Waals surface area contributed by atoms with E-state index < -0.39 is 8.72 Å². The first-order valence-corrected chi connectivity index (χ1v) is 8.45. The van der Waals surface area contributed by atoms with Crippen molar-refractivity contribution in [1.82, 2.24) is 4.57 Å². The van der Waals surface area contributed by atoms with E-state index in [1.54, 1.807) is 0 Å². The zero-order chi connectivity index (χ0) is 11.6. The second kappa shape index (κ2) is 5.17. The van der Waals surface area contributed by atoms with Gasteiger partial charge in [0.15, 0.2) is 0 Å². The summed E-state index contributed by atoms with van der Waals surface area (Å²) in [7, 11) is 1.61. The van der Waals surface area contributed by atoms with Crippen molar-refractivity contribution in [3.8, 4) is 0 Å². The van der Waals surface area contributed by atoms with Crippen molar-refractivity contribution in [1.29, 1.82) is 0 Å². The van der Waals surface area contributed by atoms with Gasteiger partial charge in [-0.15, -0.1) is 0 Å². The van der Waals surface area contributed by atoms with Crippen molar-refractivity contribution in [3.63, 3.8) is 0 Å². The van der Waals surface area contributed by atoms with Gasteiger partial charge in [-0.05, 0) is 25.8 Å². The fourth-order valence-electron chi connectivity index (χ4n) is 3.50. The molecule has 0 aromatic carbocycles. The van der Waals surface area contributed by atoms with Gasteiger partial charge in [-0.1, -0.05) is 26.2 Å². The number of nitrogens with zero attached hydrogens (tertiary/aromatic N) is 1. The van der Waals surface area contributed by atoms with Gasteiger partial charge >= 0.3 is 8.72 Å². The molecule has 0 radical (unpaired) electrons. The molecule has 1 aliphatic heterocycles. The largest absolute Gasteiger partial charge is 0.430 e. The molecule has 16 heavy (non-hydrogen) atoms. The maximum atomic E-state index is 5.87. The SMILES string of the molecule is CO[Si]1(OC)C(C)CCN1C1CCCCC1. The van der Waals surface area contributed by atoms with Crippen LogP contribution in [0.3, 0.4) is 0 Å². The van der Waals surface area contributed by atoms with Gasteiger partial charge in [-0.25, -0.2) is 0 Å². The highest BCUT2D eigenvalue weighted by Crippen LogP contribution is 2.40. The smallest absolute Gasteiger partial charge is 0.386 e. The van der Waals surface area contributed by atoms with Crippen molar-refractivity contribution in [2.24, 2.45) is 0 Å². The molecular formula is C12H25NO2Si. The van der Waals surface area contributed by atoms with Gasteiger partial charge in [0, 0.05) is 25.8 Å². The van der Waals surface area contributed by atoms with Gasteiger partial charge in [0.2, 0.25) is 0 Å². The van der Waals surface area contributed by atoms with Crippen molar-refractivity contribution in [2.45, 2.75) is 57.0 Å². The predicted octanol–water partition coefficient (Wildman–Crippen LogP) is 2.65. The molecule has 0 N–H and O–H groups in total. The summed E-state index contributed by atoms with van der Waals surface area (Å²) in [6, 6.07) is 0.727. The van der Waals surface area contributed by atoms with Crippen LogP contribution in [0.5, 0.6) is 0 Å². The van der Waals surface area contributed by atoms with Crippen LogP contribution in [-0.2, 0) is 8.85 Å². The lowest BCUT2D eigenvalue weighted by atomic mass is 9.95.